The third kappa shape index (κ3) is 4.04. The smallest absolute Gasteiger partial charge is 0.274 e. The summed E-state index contributed by atoms with van der Waals surface area (Å²) < 4.78 is 13.7. The SMILES string of the molecule is O=C(Nc1ccc(NC(=O)c2ccccc2F)c(Cl)c1)c1ccccn1. The van der Waals surface area contributed by atoms with Crippen molar-refractivity contribution >= 4 is 34.8 Å². The molecule has 130 valence electrons. The second-order valence-corrected chi connectivity index (χ2v) is 5.70. The second-order valence-electron chi connectivity index (χ2n) is 5.30. The summed E-state index contributed by atoms with van der Waals surface area (Å²) in [6.45, 7) is 0. The Morgan fingerprint density at radius 1 is 0.923 bits per heavy atom. The van der Waals surface area contributed by atoms with Crippen molar-refractivity contribution in [3.63, 3.8) is 0 Å². The number of anilines is 2. The maximum absolute atomic E-state index is 13.7. The molecule has 0 aliphatic carbocycles. The number of rotatable bonds is 4. The van der Waals surface area contributed by atoms with Gasteiger partial charge >= 0.3 is 0 Å². The highest BCUT2D eigenvalue weighted by Gasteiger charge is 2.13. The molecule has 1 aromatic heterocycles. The molecule has 0 radical (unpaired) electrons. The normalized spacial score (nSPS) is 10.2. The predicted molar refractivity (Wildman–Crippen MR) is 98.0 cm³/mol. The Morgan fingerprint density at radius 3 is 2.38 bits per heavy atom. The van der Waals surface area contributed by atoms with Gasteiger partial charge in [-0.25, -0.2) is 4.39 Å². The van der Waals surface area contributed by atoms with Crippen molar-refractivity contribution in [2.75, 3.05) is 10.6 Å². The summed E-state index contributed by atoms with van der Waals surface area (Å²) >= 11 is 6.15. The van der Waals surface area contributed by atoms with Gasteiger partial charge < -0.3 is 10.6 Å². The summed E-state index contributed by atoms with van der Waals surface area (Å²) in [7, 11) is 0. The molecule has 2 amide bonds. The zero-order chi connectivity index (χ0) is 18.5. The zero-order valence-electron chi connectivity index (χ0n) is 13.4. The molecule has 0 aliphatic heterocycles. The van der Waals surface area contributed by atoms with Gasteiger partial charge in [-0.2, -0.15) is 0 Å². The van der Waals surface area contributed by atoms with Crippen molar-refractivity contribution in [1.29, 1.82) is 0 Å². The van der Waals surface area contributed by atoms with Crippen molar-refractivity contribution in [1.82, 2.24) is 4.98 Å². The predicted octanol–water partition coefficient (Wildman–Crippen LogP) is 4.38. The number of hydrogen-bond donors (Lipinski definition) is 2. The van der Waals surface area contributed by atoms with E-state index in [2.05, 4.69) is 15.6 Å². The molecular weight excluding hydrogens is 357 g/mol. The molecule has 0 atom stereocenters. The molecule has 0 bridgehead atoms. The van der Waals surface area contributed by atoms with Crippen LogP contribution in [0.3, 0.4) is 0 Å². The van der Waals surface area contributed by atoms with Gasteiger partial charge in [0.25, 0.3) is 11.8 Å². The van der Waals surface area contributed by atoms with Gasteiger partial charge in [0.1, 0.15) is 11.5 Å². The van der Waals surface area contributed by atoms with E-state index in [1.807, 2.05) is 0 Å². The van der Waals surface area contributed by atoms with Gasteiger partial charge in [-0.3, -0.25) is 14.6 Å². The average molecular weight is 370 g/mol. The van der Waals surface area contributed by atoms with E-state index < -0.39 is 11.7 Å². The molecule has 2 N–H and O–H groups in total. The van der Waals surface area contributed by atoms with E-state index in [0.717, 1.165) is 0 Å². The molecule has 1 heterocycles. The van der Waals surface area contributed by atoms with Crippen LogP contribution in [0, 0.1) is 5.82 Å². The summed E-state index contributed by atoms with van der Waals surface area (Å²) in [5, 5.41) is 5.41. The lowest BCUT2D eigenvalue weighted by Gasteiger charge is -2.10. The first-order chi connectivity index (χ1) is 12.5. The Bertz CT molecular complexity index is 964. The van der Waals surface area contributed by atoms with Crippen LogP contribution < -0.4 is 10.6 Å². The molecule has 0 fully saturated rings. The minimum absolute atomic E-state index is 0.0869. The first kappa shape index (κ1) is 17.6. The molecule has 2 aromatic carbocycles. The number of nitrogens with zero attached hydrogens (tertiary/aromatic N) is 1. The molecule has 0 unspecified atom stereocenters. The van der Waals surface area contributed by atoms with Gasteiger partial charge in [-0.1, -0.05) is 29.8 Å². The summed E-state index contributed by atoms with van der Waals surface area (Å²) in [6, 6.07) is 15.2. The summed E-state index contributed by atoms with van der Waals surface area (Å²) in [5.74, 6) is -1.62. The molecule has 0 saturated heterocycles. The fraction of sp³-hybridized carbons (Fsp3) is 0. The number of hydrogen-bond acceptors (Lipinski definition) is 3. The van der Waals surface area contributed by atoms with Crippen LogP contribution in [0.2, 0.25) is 5.02 Å². The van der Waals surface area contributed by atoms with E-state index in [4.69, 9.17) is 11.6 Å². The lowest BCUT2D eigenvalue weighted by molar-refractivity contribution is 0.101. The fourth-order valence-electron chi connectivity index (χ4n) is 2.22. The monoisotopic (exact) mass is 369 g/mol. The van der Waals surface area contributed by atoms with Crippen molar-refractivity contribution in [2.45, 2.75) is 0 Å². The number of benzene rings is 2. The quantitative estimate of drug-likeness (QED) is 0.717. The summed E-state index contributed by atoms with van der Waals surface area (Å²) in [5.41, 5.74) is 0.918. The standard InChI is InChI=1S/C19H13ClFN3O2/c20-14-11-12(23-19(26)17-7-3-4-10-22-17)8-9-16(14)24-18(25)13-5-1-2-6-15(13)21/h1-11H,(H,23,26)(H,24,25). The van der Waals surface area contributed by atoms with E-state index in [0.29, 0.717) is 11.4 Å². The third-order valence-electron chi connectivity index (χ3n) is 3.49. The minimum atomic E-state index is -0.625. The van der Waals surface area contributed by atoms with E-state index in [1.165, 1.54) is 36.5 Å². The van der Waals surface area contributed by atoms with Crippen LogP contribution in [0.15, 0.2) is 66.9 Å². The van der Waals surface area contributed by atoms with Gasteiger partial charge in [0.2, 0.25) is 0 Å². The second kappa shape index (κ2) is 7.76. The van der Waals surface area contributed by atoms with Crippen LogP contribution in [0.4, 0.5) is 15.8 Å². The maximum Gasteiger partial charge on any atom is 0.274 e. The first-order valence-corrected chi connectivity index (χ1v) is 8.00. The van der Waals surface area contributed by atoms with Crippen LogP contribution in [-0.2, 0) is 0 Å². The number of amides is 2. The third-order valence-corrected chi connectivity index (χ3v) is 3.80. The van der Waals surface area contributed by atoms with Crippen molar-refractivity contribution in [2.24, 2.45) is 0 Å². The Hall–Kier alpha value is -3.25. The van der Waals surface area contributed by atoms with Gasteiger partial charge in [0.05, 0.1) is 16.3 Å². The van der Waals surface area contributed by atoms with E-state index in [9.17, 15) is 14.0 Å². The highest BCUT2D eigenvalue weighted by molar-refractivity contribution is 6.34. The van der Waals surface area contributed by atoms with Crippen LogP contribution in [0.5, 0.6) is 0 Å². The molecule has 0 aliphatic rings. The van der Waals surface area contributed by atoms with E-state index in [1.54, 1.807) is 30.3 Å². The van der Waals surface area contributed by atoms with Crippen LogP contribution in [-0.4, -0.2) is 16.8 Å². The van der Waals surface area contributed by atoms with Crippen LogP contribution >= 0.6 is 11.6 Å². The number of carbonyl (C=O) groups is 2. The molecule has 3 rings (SSSR count). The topological polar surface area (TPSA) is 71.1 Å². The van der Waals surface area contributed by atoms with E-state index >= 15 is 0 Å². The van der Waals surface area contributed by atoms with Crippen LogP contribution in [0.25, 0.3) is 0 Å². The Balaban J connectivity index is 1.73. The van der Waals surface area contributed by atoms with Gasteiger partial charge in [0, 0.05) is 11.9 Å². The number of carbonyl (C=O) groups excluding carboxylic acids is 2. The highest BCUT2D eigenvalue weighted by atomic mass is 35.5. The van der Waals surface area contributed by atoms with Crippen molar-refractivity contribution in [3.05, 3.63) is 89.0 Å². The van der Waals surface area contributed by atoms with Crippen LogP contribution in [0.1, 0.15) is 20.8 Å². The maximum atomic E-state index is 13.7. The van der Waals surface area contributed by atoms with E-state index in [-0.39, 0.29) is 22.2 Å². The molecule has 26 heavy (non-hydrogen) atoms. The Labute approximate surface area is 153 Å². The largest absolute Gasteiger partial charge is 0.321 e. The van der Waals surface area contributed by atoms with Gasteiger partial charge in [-0.15, -0.1) is 0 Å². The summed E-state index contributed by atoms with van der Waals surface area (Å²) in [4.78, 5) is 28.2. The number of pyridine rings is 1. The number of halogens is 2. The molecule has 0 saturated carbocycles. The molecular formula is C19H13ClFN3O2. The van der Waals surface area contributed by atoms with Gasteiger partial charge in [0.15, 0.2) is 0 Å². The Morgan fingerprint density at radius 2 is 1.69 bits per heavy atom. The minimum Gasteiger partial charge on any atom is -0.321 e. The first-order valence-electron chi connectivity index (χ1n) is 7.62. The van der Waals surface area contributed by atoms with Gasteiger partial charge in [-0.05, 0) is 42.5 Å². The molecule has 0 spiro atoms. The molecule has 7 heteroatoms. The highest BCUT2D eigenvalue weighted by Crippen LogP contribution is 2.26. The zero-order valence-corrected chi connectivity index (χ0v) is 14.1. The lowest BCUT2D eigenvalue weighted by atomic mass is 10.2. The Kier molecular flexibility index (Phi) is 5.24. The molecule has 5 nitrogen and oxygen atoms in total. The fourth-order valence-corrected chi connectivity index (χ4v) is 2.45. The van der Waals surface area contributed by atoms with Crippen molar-refractivity contribution in [3.8, 4) is 0 Å². The number of nitrogens with one attached hydrogen (secondary N) is 2. The lowest BCUT2D eigenvalue weighted by Crippen LogP contribution is -2.15. The molecule has 3 aromatic rings. The van der Waals surface area contributed by atoms with Crippen molar-refractivity contribution < 1.29 is 14.0 Å². The number of aromatic nitrogens is 1. The summed E-state index contributed by atoms with van der Waals surface area (Å²) in [6.07, 6.45) is 1.52. The average Bonchev–Trinajstić information content (AvgIpc) is 2.65.